The number of aryl methyl sites for hydroxylation is 2. The zero-order valence-corrected chi connectivity index (χ0v) is 17.1. The lowest BCUT2D eigenvalue weighted by Gasteiger charge is -2.22. The third-order valence-electron chi connectivity index (χ3n) is 6.42. The molecule has 0 radical (unpaired) electrons. The minimum Gasteiger partial charge on any atom is -0.369 e. The van der Waals surface area contributed by atoms with Gasteiger partial charge in [-0.3, -0.25) is 9.36 Å². The van der Waals surface area contributed by atoms with Crippen molar-refractivity contribution < 1.29 is 8.91 Å². The molecule has 1 aliphatic carbocycles. The van der Waals surface area contributed by atoms with Crippen molar-refractivity contribution in [3.8, 4) is 0 Å². The van der Waals surface area contributed by atoms with Gasteiger partial charge in [0.05, 0.1) is 12.0 Å². The van der Waals surface area contributed by atoms with E-state index in [4.69, 9.17) is 4.52 Å². The van der Waals surface area contributed by atoms with Gasteiger partial charge < -0.3 is 14.0 Å². The Morgan fingerprint density at radius 1 is 1.19 bits per heavy atom. The van der Waals surface area contributed by atoms with Gasteiger partial charge >= 0.3 is 0 Å². The summed E-state index contributed by atoms with van der Waals surface area (Å²) < 4.78 is 22.7. The number of aromatic nitrogens is 6. The van der Waals surface area contributed by atoms with Crippen LogP contribution >= 0.6 is 0 Å². The van der Waals surface area contributed by atoms with Crippen molar-refractivity contribution in [2.75, 3.05) is 18.0 Å². The maximum atomic E-state index is 14.2. The zero-order chi connectivity index (χ0) is 21.3. The third-order valence-corrected chi connectivity index (χ3v) is 6.42. The summed E-state index contributed by atoms with van der Waals surface area (Å²) in [5.41, 5.74) is 2.35. The van der Waals surface area contributed by atoms with Gasteiger partial charge in [0, 0.05) is 26.1 Å². The zero-order valence-electron chi connectivity index (χ0n) is 17.1. The van der Waals surface area contributed by atoms with Gasteiger partial charge in [-0.25, -0.2) is 14.4 Å². The minimum atomic E-state index is -0.205. The summed E-state index contributed by atoms with van der Waals surface area (Å²) in [6.07, 6.45) is 3.01. The highest BCUT2D eigenvalue weighted by molar-refractivity contribution is 5.68. The van der Waals surface area contributed by atoms with Crippen LogP contribution in [0.2, 0.25) is 0 Å². The van der Waals surface area contributed by atoms with E-state index in [0.29, 0.717) is 40.4 Å². The maximum Gasteiger partial charge on any atom is 0.280 e. The number of imidazole rings is 1. The molecule has 6 rings (SSSR count). The van der Waals surface area contributed by atoms with Crippen molar-refractivity contribution in [2.45, 2.75) is 19.4 Å². The van der Waals surface area contributed by atoms with E-state index in [-0.39, 0.29) is 23.8 Å². The van der Waals surface area contributed by atoms with Gasteiger partial charge in [0.1, 0.15) is 18.7 Å². The molecule has 10 heteroatoms. The van der Waals surface area contributed by atoms with Crippen LogP contribution in [0.3, 0.4) is 0 Å². The molecule has 4 heterocycles. The van der Waals surface area contributed by atoms with Crippen LogP contribution in [-0.4, -0.2) is 42.3 Å². The van der Waals surface area contributed by atoms with Crippen molar-refractivity contribution in [3.05, 3.63) is 64.3 Å². The molecule has 2 fully saturated rings. The number of benzene rings is 1. The van der Waals surface area contributed by atoms with Crippen molar-refractivity contribution in [1.29, 1.82) is 0 Å². The van der Waals surface area contributed by atoms with Gasteiger partial charge in [0.25, 0.3) is 5.56 Å². The summed E-state index contributed by atoms with van der Waals surface area (Å²) in [6.45, 7) is 3.68. The van der Waals surface area contributed by atoms with Gasteiger partial charge in [0.2, 0.25) is 5.89 Å². The molecule has 1 saturated heterocycles. The summed E-state index contributed by atoms with van der Waals surface area (Å²) >= 11 is 0. The molecule has 9 nitrogen and oxygen atoms in total. The van der Waals surface area contributed by atoms with Gasteiger partial charge in [-0.1, -0.05) is 11.2 Å². The van der Waals surface area contributed by atoms with Crippen LogP contribution in [0.15, 0.2) is 40.2 Å². The Kier molecular flexibility index (Phi) is 3.80. The highest BCUT2D eigenvalue weighted by atomic mass is 19.1. The lowest BCUT2D eigenvalue weighted by atomic mass is 10.2. The average Bonchev–Trinajstić information content (AvgIpc) is 3.18. The summed E-state index contributed by atoms with van der Waals surface area (Å²) in [5, 5.41) is 4.15. The van der Waals surface area contributed by atoms with E-state index >= 15 is 0 Å². The first-order chi connectivity index (χ1) is 15.0. The Morgan fingerprint density at radius 2 is 1.97 bits per heavy atom. The van der Waals surface area contributed by atoms with Crippen LogP contribution in [0.1, 0.15) is 23.2 Å². The second-order valence-electron chi connectivity index (χ2n) is 8.46. The van der Waals surface area contributed by atoms with Crippen molar-refractivity contribution in [3.63, 3.8) is 0 Å². The first-order valence-electron chi connectivity index (χ1n) is 10.2. The molecule has 1 aromatic carbocycles. The molecule has 1 saturated carbocycles. The fourth-order valence-corrected chi connectivity index (χ4v) is 4.77. The van der Waals surface area contributed by atoms with E-state index in [2.05, 4.69) is 25.0 Å². The number of hydrogen-bond donors (Lipinski definition) is 0. The minimum absolute atomic E-state index is 0.155. The van der Waals surface area contributed by atoms with Gasteiger partial charge in [-0.05, 0) is 36.5 Å². The number of piperidine rings is 1. The molecule has 4 aromatic rings. The van der Waals surface area contributed by atoms with Crippen molar-refractivity contribution in [1.82, 2.24) is 29.2 Å². The first kappa shape index (κ1) is 18.2. The van der Waals surface area contributed by atoms with Gasteiger partial charge in [0.15, 0.2) is 17.0 Å². The van der Waals surface area contributed by atoms with Crippen molar-refractivity contribution in [2.24, 2.45) is 18.9 Å². The van der Waals surface area contributed by atoms with Crippen LogP contribution in [-0.2, 0) is 13.6 Å². The lowest BCUT2D eigenvalue weighted by molar-refractivity contribution is 0.363. The fraction of sp³-hybridized carbons (Fsp3) is 0.381. The Labute approximate surface area is 176 Å². The molecule has 2 aliphatic rings. The average molecular weight is 421 g/mol. The normalized spacial score (nSPS) is 22.3. The molecule has 1 aliphatic heterocycles. The molecule has 2 unspecified atom stereocenters. The van der Waals surface area contributed by atoms with Gasteiger partial charge in [-0.2, -0.15) is 4.98 Å². The monoisotopic (exact) mass is 421 g/mol. The molecule has 31 heavy (non-hydrogen) atoms. The molecule has 2 atom stereocenters. The Balaban J connectivity index is 1.17. The first-order valence-corrected chi connectivity index (χ1v) is 10.2. The molecular weight excluding hydrogens is 401 g/mol. The molecule has 0 amide bonds. The van der Waals surface area contributed by atoms with Gasteiger partial charge in [-0.15, -0.1) is 0 Å². The van der Waals surface area contributed by atoms with E-state index in [1.807, 2.05) is 13.0 Å². The Morgan fingerprint density at radius 3 is 2.77 bits per heavy atom. The van der Waals surface area contributed by atoms with Crippen LogP contribution in [0, 0.1) is 24.6 Å². The highest BCUT2D eigenvalue weighted by Crippen LogP contribution is 2.58. The summed E-state index contributed by atoms with van der Waals surface area (Å²) in [6, 6.07) is 5.20. The largest absolute Gasteiger partial charge is 0.369 e. The predicted octanol–water partition coefficient (Wildman–Crippen LogP) is 1.86. The van der Waals surface area contributed by atoms with E-state index < -0.39 is 0 Å². The number of anilines is 1. The van der Waals surface area contributed by atoms with E-state index in [1.54, 1.807) is 24.0 Å². The molecule has 0 spiro atoms. The van der Waals surface area contributed by atoms with Crippen LogP contribution < -0.4 is 10.5 Å². The number of halogens is 1. The molecule has 3 aromatic heterocycles. The lowest BCUT2D eigenvalue weighted by Crippen LogP contribution is -2.25. The molecule has 0 bridgehead atoms. The van der Waals surface area contributed by atoms with Crippen LogP contribution in [0.25, 0.3) is 11.2 Å². The second-order valence-corrected chi connectivity index (χ2v) is 8.46. The number of fused-ring (bicyclic) bond motifs is 2. The van der Waals surface area contributed by atoms with E-state index in [1.165, 1.54) is 17.0 Å². The second kappa shape index (κ2) is 6.47. The smallest absolute Gasteiger partial charge is 0.280 e. The van der Waals surface area contributed by atoms with E-state index in [9.17, 15) is 9.18 Å². The molecular formula is C21H20FN7O2. The summed E-state index contributed by atoms with van der Waals surface area (Å²) in [7, 11) is 1.76. The Bertz CT molecular complexity index is 1360. The number of rotatable bonds is 4. The summed E-state index contributed by atoms with van der Waals surface area (Å²) in [4.78, 5) is 27.6. The highest BCUT2D eigenvalue weighted by Gasteiger charge is 2.58. The standard InChI is InChI=1S/C21H20FN7O2/c1-11-3-4-14(22)15(5-11)28-6-12-13(7-28)17(12)19-25-16(31-26-19)8-29-10-24-20-18(21(29)30)27(2)9-23-20/h3-5,9-10,12-13,17H,6-8H2,1-2H3. The van der Waals surface area contributed by atoms with E-state index in [0.717, 1.165) is 18.7 Å². The third kappa shape index (κ3) is 2.85. The quantitative estimate of drug-likeness (QED) is 0.496. The molecule has 158 valence electrons. The predicted molar refractivity (Wildman–Crippen MR) is 109 cm³/mol. The fourth-order valence-electron chi connectivity index (χ4n) is 4.77. The summed E-state index contributed by atoms with van der Waals surface area (Å²) in [5.74, 6) is 1.84. The Hall–Kier alpha value is -3.56. The number of hydrogen-bond acceptors (Lipinski definition) is 7. The van der Waals surface area contributed by atoms with Crippen LogP contribution in [0.5, 0.6) is 0 Å². The topological polar surface area (TPSA) is 94.9 Å². The van der Waals surface area contributed by atoms with Crippen LogP contribution in [0.4, 0.5) is 10.1 Å². The molecule has 0 N–H and O–H groups in total. The SMILES string of the molecule is Cc1ccc(F)c(N2CC3C(C2)C3c2noc(Cn3cnc4ncn(C)c4c3=O)n2)c1. The number of nitrogens with zero attached hydrogens (tertiary/aromatic N) is 7. The maximum absolute atomic E-state index is 14.2. The van der Waals surface area contributed by atoms with Crippen molar-refractivity contribution >= 4 is 16.9 Å².